The van der Waals surface area contributed by atoms with E-state index in [1.807, 2.05) is 0 Å². The Morgan fingerprint density at radius 2 is 2.00 bits per heavy atom. The van der Waals surface area contributed by atoms with Crippen LogP contribution in [-0.4, -0.2) is 20.6 Å². The molecule has 1 atom stereocenters. The van der Waals surface area contributed by atoms with Gasteiger partial charge in [0.05, 0.1) is 5.69 Å². The summed E-state index contributed by atoms with van der Waals surface area (Å²) in [7, 11) is 0. The van der Waals surface area contributed by atoms with Crippen molar-refractivity contribution in [3.8, 4) is 0 Å². The molecule has 2 aromatic rings. The van der Waals surface area contributed by atoms with Crippen molar-refractivity contribution < 1.29 is 9.90 Å². The molecule has 2 aromatic heterocycles. The summed E-state index contributed by atoms with van der Waals surface area (Å²) in [6.07, 6.45) is 4.88. The van der Waals surface area contributed by atoms with Crippen molar-refractivity contribution in [2.45, 2.75) is 50.8 Å². The molecule has 1 saturated carbocycles. The van der Waals surface area contributed by atoms with Crippen LogP contribution in [0.25, 0.3) is 0 Å². The number of nitrogens with zero attached hydrogens (tertiary/aromatic N) is 2. The fraction of sp³-hybridized carbons (Fsp3) is 0.421. The molecule has 140 valence electrons. The normalized spacial score (nSPS) is 24.2. The topological polar surface area (TPSA) is 122 Å². The van der Waals surface area contributed by atoms with Gasteiger partial charge in [-0.2, -0.15) is 0 Å². The number of amides is 1. The van der Waals surface area contributed by atoms with Crippen LogP contribution < -0.4 is 21.9 Å². The molecule has 0 aromatic carbocycles. The Morgan fingerprint density at radius 1 is 1.30 bits per heavy atom. The monoisotopic (exact) mass is 367 g/mol. The van der Waals surface area contributed by atoms with E-state index in [0.29, 0.717) is 39.6 Å². The third-order valence-electron chi connectivity index (χ3n) is 6.24. The fourth-order valence-electron chi connectivity index (χ4n) is 5.07. The molecule has 1 amide bonds. The molecule has 2 aliphatic heterocycles. The number of nitrogens with one attached hydrogen (secondary N) is 2. The molecule has 27 heavy (non-hydrogen) atoms. The van der Waals surface area contributed by atoms with Gasteiger partial charge in [0.1, 0.15) is 28.5 Å². The van der Waals surface area contributed by atoms with E-state index in [4.69, 9.17) is 5.73 Å². The second kappa shape index (κ2) is 4.89. The molecule has 3 aliphatic rings. The van der Waals surface area contributed by atoms with E-state index < -0.39 is 11.3 Å². The SMILES string of the molecule is Cc1c2c(c(=O)n3c1C(=O)NC31CCCC1)Nc1cc(N)ncc1[C@]2(C)O. The number of nitrogens with two attached hydrogens (primary N) is 1. The molecule has 0 bridgehead atoms. The van der Waals surface area contributed by atoms with Gasteiger partial charge in [0, 0.05) is 23.4 Å². The maximum atomic E-state index is 13.5. The molecule has 1 aliphatic carbocycles. The quantitative estimate of drug-likeness (QED) is 0.558. The summed E-state index contributed by atoms with van der Waals surface area (Å²) in [6.45, 7) is 3.40. The highest BCUT2D eigenvalue weighted by Crippen LogP contribution is 2.47. The lowest BCUT2D eigenvalue weighted by Crippen LogP contribution is -2.46. The van der Waals surface area contributed by atoms with Gasteiger partial charge in [-0.25, -0.2) is 4.98 Å². The van der Waals surface area contributed by atoms with E-state index in [2.05, 4.69) is 15.6 Å². The molecule has 5 rings (SSSR count). The van der Waals surface area contributed by atoms with Gasteiger partial charge < -0.3 is 21.5 Å². The van der Waals surface area contributed by atoms with E-state index in [1.165, 1.54) is 6.20 Å². The molecule has 4 heterocycles. The fourth-order valence-corrected chi connectivity index (χ4v) is 5.07. The number of carbonyl (C=O) groups excluding carboxylic acids is 1. The molecule has 1 fully saturated rings. The third-order valence-corrected chi connectivity index (χ3v) is 6.24. The van der Waals surface area contributed by atoms with Gasteiger partial charge in [0.25, 0.3) is 11.5 Å². The summed E-state index contributed by atoms with van der Waals surface area (Å²) < 4.78 is 1.61. The minimum atomic E-state index is -1.47. The highest BCUT2D eigenvalue weighted by Gasteiger charge is 2.49. The van der Waals surface area contributed by atoms with Crippen molar-refractivity contribution in [1.29, 1.82) is 0 Å². The molecule has 0 unspecified atom stereocenters. The van der Waals surface area contributed by atoms with Crippen LogP contribution in [-0.2, 0) is 11.3 Å². The van der Waals surface area contributed by atoms with Gasteiger partial charge in [0.2, 0.25) is 0 Å². The van der Waals surface area contributed by atoms with Crippen LogP contribution in [0.4, 0.5) is 17.2 Å². The Labute approximate surface area is 155 Å². The molecular formula is C19H21N5O3. The number of anilines is 3. The first-order valence-corrected chi connectivity index (χ1v) is 9.15. The molecule has 1 spiro atoms. The van der Waals surface area contributed by atoms with Gasteiger partial charge in [-0.15, -0.1) is 0 Å². The Morgan fingerprint density at radius 3 is 2.70 bits per heavy atom. The summed E-state index contributed by atoms with van der Waals surface area (Å²) in [5.74, 6) is 0.0360. The minimum absolute atomic E-state index is 0.258. The summed E-state index contributed by atoms with van der Waals surface area (Å²) >= 11 is 0. The third kappa shape index (κ3) is 1.88. The standard InChI is InChI=1S/C19H21N5O3/c1-9-13-14(22-11-7-12(20)21-8-10(11)18(13,2)27)17(26)24-15(9)16(25)23-19(24)5-3-4-6-19/h7-8,22,27H,3-6H2,1-2H3,(H2,20,21)(H,23,25)/t18-/m0/s1. The summed E-state index contributed by atoms with van der Waals surface area (Å²) in [5, 5.41) is 17.5. The molecule has 5 N–H and O–H groups in total. The van der Waals surface area contributed by atoms with Crippen molar-refractivity contribution in [2.75, 3.05) is 11.1 Å². The number of aliphatic hydroxyl groups is 1. The summed E-state index contributed by atoms with van der Waals surface area (Å²) in [5.41, 5.74) is 6.09. The number of hydrogen-bond acceptors (Lipinski definition) is 6. The Balaban J connectivity index is 1.85. The van der Waals surface area contributed by atoms with Gasteiger partial charge in [-0.1, -0.05) is 0 Å². The van der Waals surface area contributed by atoms with Gasteiger partial charge in [-0.3, -0.25) is 14.2 Å². The largest absolute Gasteiger partial charge is 0.384 e. The second-order valence-electron chi connectivity index (χ2n) is 7.91. The van der Waals surface area contributed by atoms with Crippen molar-refractivity contribution in [3.63, 3.8) is 0 Å². The van der Waals surface area contributed by atoms with E-state index in [-0.39, 0.29) is 11.5 Å². The van der Waals surface area contributed by atoms with Crippen LogP contribution in [0.1, 0.15) is 59.8 Å². The number of fused-ring (bicyclic) bond motifs is 4. The molecule has 8 nitrogen and oxygen atoms in total. The van der Waals surface area contributed by atoms with Gasteiger partial charge in [-0.05, 0) is 45.1 Å². The zero-order valence-corrected chi connectivity index (χ0v) is 15.2. The number of aromatic nitrogens is 2. The van der Waals surface area contributed by atoms with Crippen molar-refractivity contribution in [2.24, 2.45) is 0 Å². The number of rotatable bonds is 0. The van der Waals surface area contributed by atoms with Crippen LogP contribution in [0.5, 0.6) is 0 Å². The smallest absolute Gasteiger partial charge is 0.277 e. The van der Waals surface area contributed by atoms with Crippen LogP contribution in [0.3, 0.4) is 0 Å². The van der Waals surface area contributed by atoms with Crippen LogP contribution in [0.2, 0.25) is 0 Å². The number of hydrogen-bond donors (Lipinski definition) is 4. The highest BCUT2D eigenvalue weighted by atomic mass is 16.3. The molecule has 8 heteroatoms. The second-order valence-corrected chi connectivity index (χ2v) is 7.91. The lowest BCUT2D eigenvalue weighted by Gasteiger charge is -2.36. The van der Waals surface area contributed by atoms with E-state index >= 15 is 0 Å². The van der Waals surface area contributed by atoms with Gasteiger partial charge in [0.15, 0.2) is 0 Å². The molecular weight excluding hydrogens is 346 g/mol. The maximum absolute atomic E-state index is 13.5. The average molecular weight is 367 g/mol. The number of carbonyl (C=O) groups is 1. The van der Waals surface area contributed by atoms with Crippen molar-refractivity contribution in [1.82, 2.24) is 14.9 Å². The van der Waals surface area contributed by atoms with Crippen LogP contribution in [0.15, 0.2) is 17.1 Å². The molecule has 0 radical (unpaired) electrons. The van der Waals surface area contributed by atoms with Crippen LogP contribution >= 0.6 is 0 Å². The first kappa shape index (κ1) is 16.3. The van der Waals surface area contributed by atoms with Gasteiger partial charge >= 0.3 is 0 Å². The van der Waals surface area contributed by atoms with Crippen molar-refractivity contribution in [3.05, 3.63) is 45.0 Å². The lowest BCUT2D eigenvalue weighted by molar-refractivity contribution is 0.0920. The van der Waals surface area contributed by atoms with E-state index in [0.717, 1.165) is 25.7 Å². The first-order chi connectivity index (χ1) is 12.8. The zero-order chi connectivity index (χ0) is 19.1. The summed E-state index contributed by atoms with van der Waals surface area (Å²) in [6, 6.07) is 1.61. The van der Waals surface area contributed by atoms with Crippen molar-refractivity contribution >= 4 is 23.1 Å². The minimum Gasteiger partial charge on any atom is -0.384 e. The summed E-state index contributed by atoms with van der Waals surface area (Å²) in [4.78, 5) is 30.4. The Kier molecular flexibility index (Phi) is 2.95. The zero-order valence-electron chi connectivity index (χ0n) is 15.2. The predicted molar refractivity (Wildman–Crippen MR) is 100.0 cm³/mol. The number of nitrogen functional groups attached to an aromatic ring is 1. The predicted octanol–water partition coefficient (Wildman–Crippen LogP) is 1.42. The van der Waals surface area contributed by atoms with E-state index in [9.17, 15) is 14.7 Å². The first-order valence-electron chi connectivity index (χ1n) is 9.15. The lowest BCUT2D eigenvalue weighted by atomic mass is 9.81. The molecule has 0 saturated heterocycles. The Bertz CT molecular complexity index is 1080. The Hall–Kier alpha value is -2.87. The number of pyridine rings is 2. The van der Waals surface area contributed by atoms with Crippen LogP contribution in [0, 0.1) is 6.92 Å². The average Bonchev–Trinajstić information content (AvgIpc) is 3.16. The maximum Gasteiger partial charge on any atom is 0.277 e. The highest BCUT2D eigenvalue weighted by molar-refractivity contribution is 5.98. The van der Waals surface area contributed by atoms with E-state index in [1.54, 1.807) is 24.5 Å².